The maximum Gasteiger partial charge on any atom is 0.258 e. The zero-order valence-corrected chi connectivity index (χ0v) is 20.5. The van der Waals surface area contributed by atoms with Gasteiger partial charge in [-0.25, -0.2) is 0 Å². The predicted molar refractivity (Wildman–Crippen MR) is 136 cm³/mol. The minimum Gasteiger partial charge on any atom is -0.497 e. The maximum absolute atomic E-state index is 9.74. The average molecular weight is 495 g/mol. The lowest BCUT2D eigenvalue weighted by molar-refractivity contribution is 0.0631. The zero-order valence-electron chi connectivity index (χ0n) is 19.7. The van der Waals surface area contributed by atoms with E-state index >= 15 is 0 Å². The maximum atomic E-state index is 9.74. The molecule has 36 heavy (non-hydrogen) atoms. The molecule has 0 N–H and O–H groups in total. The quantitative estimate of drug-likeness (QED) is 0.248. The van der Waals surface area contributed by atoms with Crippen LogP contribution in [-0.2, 0) is 11.3 Å². The van der Waals surface area contributed by atoms with E-state index in [4.69, 9.17) is 14.0 Å². The molecule has 1 atom stereocenters. The molecule has 2 aromatic heterocycles. The van der Waals surface area contributed by atoms with Crippen molar-refractivity contribution in [3.8, 4) is 34.4 Å². The summed E-state index contributed by atoms with van der Waals surface area (Å²) in [6.07, 6.45) is 1.39. The fourth-order valence-corrected chi connectivity index (χ4v) is 4.63. The second kappa shape index (κ2) is 10.5. The van der Waals surface area contributed by atoms with E-state index in [-0.39, 0.29) is 6.61 Å². The molecule has 0 aliphatic heterocycles. The van der Waals surface area contributed by atoms with Crippen molar-refractivity contribution in [2.75, 3.05) is 7.11 Å². The van der Waals surface area contributed by atoms with Crippen LogP contribution in [0.2, 0.25) is 0 Å². The topological polar surface area (TPSA) is 94.1 Å². The van der Waals surface area contributed by atoms with Gasteiger partial charge in [0.1, 0.15) is 18.5 Å². The first-order valence-corrected chi connectivity index (χ1v) is 12.1. The standard InChI is InChI=1S/C28H22N4O3S/c1-18-5-3-4-6-23(18)24-13-20(7-8-21(24)14-29)27(25-15-30-17-36-25)34-16-26-31-28(35-32-26)19-9-11-22(33-2)12-10-19/h3-13,15,17,27H,16H2,1-2H3. The van der Waals surface area contributed by atoms with Crippen molar-refractivity contribution < 1.29 is 14.0 Å². The number of rotatable bonds is 8. The fourth-order valence-electron chi connectivity index (χ4n) is 3.94. The summed E-state index contributed by atoms with van der Waals surface area (Å²) in [5.41, 5.74) is 7.07. The Bertz CT molecular complexity index is 1500. The van der Waals surface area contributed by atoms with E-state index in [1.807, 2.05) is 73.7 Å². The number of hydrogen-bond acceptors (Lipinski definition) is 8. The molecule has 3 aromatic carbocycles. The van der Waals surface area contributed by atoms with Crippen LogP contribution >= 0.6 is 11.3 Å². The number of thiazole rings is 1. The third-order valence-corrected chi connectivity index (χ3v) is 6.61. The summed E-state index contributed by atoms with van der Waals surface area (Å²) in [4.78, 5) is 9.66. The van der Waals surface area contributed by atoms with Gasteiger partial charge in [-0.3, -0.25) is 4.98 Å². The second-order valence-electron chi connectivity index (χ2n) is 8.07. The summed E-state index contributed by atoms with van der Waals surface area (Å²) in [6, 6.07) is 23.5. The van der Waals surface area contributed by atoms with Crippen molar-refractivity contribution in [3.05, 3.63) is 106 Å². The number of aryl methyl sites for hydroxylation is 1. The van der Waals surface area contributed by atoms with Gasteiger partial charge in [0.25, 0.3) is 5.89 Å². The van der Waals surface area contributed by atoms with Gasteiger partial charge in [0, 0.05) is 17.3 Å². The first kappa shape index (κ1) is 23.4. The number of benzene rings is 3. The minimum atomic E-state index is -0.407. The Balaban J connectivity index is 1.43. The van der Waals surface area contributed by atoms with Crippen molar-refractivity contribution in [1.29, 1.82) is 5.26 Å². The first-order chi connectivity index (χ1) is 17.7. The van der Waals surface area contributed by atoms with Gasteiger partial charge in [0.15, 0.2) is 5.82 Å². The summed E-state index contributed by atoms with van der Waals surface area (Å²) in [5.74, 6) is 1.59. The summed E-state index contributed by atoms with van der Waals surface area (Å²) in [6.45, 7) is 2.18. The Labute approximate surface area is 212 Å². The molecule has 0 spiro atoms. The fraction of sp³-hybridized carbons (Fsp3) is 0.143. The molecule has 0 radical (unpaired) electrons. The minimum absolute atomic E-state index is 0.141. The highest BCUT2D eigenvalue weighted by Gasteiger charge is 2.21. The van der Waals surface area contributed by atoms with Crippen LogP contribution in [0.3, 0.4) is 0 Å². The molecule has 5 rings (SSSR count). The Morgan fingerprint density at radius 2 is 1.89 bits per heavy atom. The monoisotopic (exact) mass is 494 g/mol. The van der Waals surface area contributed by atoms with Gasteiger partial charge in [0.05, 0.1) is 29.1 Å². The molecule has 178 valence electrons. The molecule has 0 bridgehead atoms. The van der Waals surface area contributed by atoms with Crippen LogP contribution in [0.5, 0.6) is 5.75 Å². The van der Waals surface area contributed by atoms with Gasteiger partial charge in [-0.1, -0.05) is 35.5 Å². The number of nitriles is 1. The van der Waals surface area contributed by atoms with E-state index in [0.29, 0.717) is 17.3 Å². The third-order valence-electron chi connectivity index (χ3n) is 5.80. The normalized spacial score (nSPS) is 11.7. The molecule has 2 heterocycles. The van der Waals surface area contributed by atoms with E-state index in [2.05, 4.69) is 21.2 Å². The van der Waals surface area contributed by atoms with Crippen molar-refractivity contribution in [2.24, 2.45) is 0 Å². The van der Waals surface area contributed by atoms with Crippen LogP contribution in [0.15, 0.2) is 83.0 Å². The van der Waals surface area contributed by atoms with Crippen molar-refractivity contribution in [3.63, 3.8) is 0 Å². The Morgan fingerprint density at radius 1 is 1.06 bits per heavy atom. The highest BCUT2D eigenvalue weighted by Crippen LogP contribution is 2.35. The van der Waals surface area contributed by atoms with E-state index < -0.39 is 6.10 Å². The van der Waals surface area contributed by atoms with E-state index in [1.54, 1.807) is 18.8 Å². The largest absolute Gasteiger partial charge is 0.497 e. The predicted octanol–water partition coefficient (Wildman–Crippen LogP) is 6.36. The van der Waals surface area contributed by atoms with Gasteiger partial charge in [0.2, 0.25) is 0 Å². The molecule has 7 nitrogen and oxygen atoms in total. The third kappa shape index (κ3) is 4.89. The van der Waals surface area contributed by atoms with Crippen molar-refractivity contribution in [2.45, 2.75) is 19.6 Å². The molecule has 0 fully saturated rings. The molecule has 8 heteroatoms. The summed E-state index contributed by atoms with van der Waals surface area (Å²) >= 11 is 1.50. The highest BCUT2D eigenvalue weighted by atomic mass is 32.1. The zero-order chi connectivity index (χ0) is 24.9. The molecule has 0 saturated carbocycles. The van der Waals surface area contributed by atoms with E-state index in [0.717, 1.165) is 38.4 Å². The molecular weight excluding hydrogens is 472 g/mol. The number of methoxy groups -OCH3 is 1. The molecule has 5 aromatic rings. The van der Waals surface area contributed by atoms with E-state index in [9.17, 15) is 5.26 Å². The van der Waals surface area contributed by atoms with Crippen LogP contribution in [-0.4, -0.2) is 22.2 Å². The number of nitrogens with zero attached hydrogens (tertiary/aromatic N) is 4. The van der Waals surface area contributed by atoms with Crippen LogP contribution < -0.4 is 4.74 Å². The van der Waals surface area contributed by atoms with Gasteiger partial charge in [-0.15, -0.1) is 11.3 Å². The van der Waals surface area contributed by atoms with Crippen LogP contribution in [0.25, 0.3) is 22.6 Å². The van der Waals surface area contributed by atoms with Crippen LogP contribution in [0.1, 0.15) is 33.5 Å². The molecule has 1 unspecified atom stereocenters. The van der Waals surface area contributed by atoms with Gasteiger partial charge < -0.3 is 14.0 Å². The Morgan fingerprint density at radius 3 is 2.61 bits per heavy atom. The van der Waals surface area contributed by atoms with Crippen LogP contribution in [0.4, 0.5) is 0 Å². The van der Waals surface area contributed by atoms with Crippen LogP contribution in [0, 0.1) is 18.3 Å². The smallest absolute Gasteiger partial charge is 0.258 e. The van der Waals surface area contributed by atoms with E-state index in [1.165, 1.54) is 11.3 Å². The molecule has 0 amide bonds. The SMILES string of the molecule is COc1ccc(-c2nc(COC(c3ccc(C#N)c(-c4ccccc4C)c3)c3cncs3)no2)cc1. The highest BCUT2D eigenvalue weighted by molar-refractivity contribution is 7.09. The van der Waals surface area contributed by atoms with Crippen molar-refractivity contribution in [1.82, 2.24) is 15.1 Å². The Kier molecular flexibility index (Phi) is 6.85. The second-order valence-corrected chi connectivity index (χ2v) is 8.99. The summed E-state index contributed by atoms with van der Waals surface area (Å²) in [7, 11) is 1.62. The summed E-state index contributed by atoms with van der Waals surface area (Å²) in [5, 5.41) is 13.8. The molecule has 0 aliphatic rings. The average Bonchev–Trinajstić information content (AvgIpc) is 3.62. The summed E-state index contributed by atoms with van der Waals surface area (Å²) < 4.78 is 17.0. The lowest BCUT2D eigenvalue weighted by Crippen LogP contribution is -2.07. The lowest BCUT2D eigenvalue weighted by atomic mass is 9.93. The number of hydrogen-bond donors (Lipinski definition) is 0. The lowest BCUT2D eigenvalue weighted by Gasteiger charge is -2.18. The van der Waals surface area contributed by atoms with Crippen molar-refractivity contribution >= 4 is 11.3 Å². The van der Waals surface area contributed by atoms with Gasteiger partial charge in [-0.2, -0.15) is 10.2 Å². The number of aromatic nitrogens is 3. The first-order valence-electron chi connectivity index (χ1n) is 11.2. The molecular formula is C28H22N4O3S. The Hall–Kier alpha value is -4.32. The number of ether oxygens (including phenoxy) is 2. The van der Waals surface area contributed by atoms with Gasteiger partial charge in [-0.05, 0) is 60.0 Å². The molecule has 0 aliphatic carbocycles. The van der Waals surface area contributed by atoms with Gasteiger partial charge >= 0.3 is 0 Å². The molecule has 0 saturated heterocycles.